The topological polar surface area (TPSA) is 52.9 Å². The standard InChI is InChI=1S/C19H26N2O4S2/c1-6-25-18(22)9-15-11-27-19(26)21(15)12-20(3)10-14-8-17(24-5)16(23-4)7-13(14)2/h7-8,11H,6,9-10,12H2,1-5H3. The van der Waals surface area contributed by atoms with Crippen LogP contribution in [0.3, 0.4) is 0 Å². The number of methoxy groups -OCH3 is 2. The van der Waals surface area contributed by atoms with E-state index in [0.29, 0.717) is 25.6 Å². The first-order chi connectivity index (χ1) is 12.9. The van der Waals surface area contributed by atoms with Gasteiger partial charge in [-0.15, -0.1) is 11.3 Å². The Morgan fingerprint density at radius 2 is 1.93 bits per heavy atom. The highest BCUT2D eigenvalue weighted by molar-refractivity contribution is 7.73. The Labute approximate surface area is 169 Å². The van der Waals surface area contributed by atoms with Crippen LogP contribution in [0.2, 0.25) is 0 Å². The molecule has 0 saturated carbocycles. The number of hydrogen-bond donors (Lipinski definition) is 0. The van der Waals surface area contributed by atoms with E-state index in [0.717, 1.165) is 26.5 Å². The van der Waals surface area contributed by atoms with Gasteiger partial charge in [0, 0.05) is 17.6 Å². The zero-order valence-corrected chi connectivity index (χ0v) is 18.0. The van der Waals surface area contributed by atoms with Gasteiger partial charge in [0.1, 0.15) is 0 Å². The van der Waals surface area contributed by atoms with Crippen molar-refractivity contribution >= 4 is 29.5 Å². The fraction of sp³-hybridized carbons (Fsp3) is 0.474. The Bertz CT molecular complexity index is 845. The second kappa shape index (κ2) is 9.87. The SMILES string of the molecule is CCOC(=O)Cc1csc(=S)n1CN(C)Cc1cc(OC)c(OC)cc1C. The molecule has 0 amide bonds. The van der Waals surface area contributed by atoms with E-state index in [1.807, 2.05) is 36.1 Å². The van der Waals surface area contributed by atoms with E-state index in [2.05, 4.69) is 4.90 Å². The molecule has 27 heavy (non-hydrogen) atoms. The molecule has 0 radical (unpaired) electrons. The molecule has 2 rings (SSSR count). The van der Waals surface area contributed by atoms with E-state index in [4.69, 9.17) is 26.4 Å². The quantitative estimate of drug-likeness (QED) is 0.463. The molecule has 0 unspecified atom stereocenters. The zero-order chi connectivity index (χ0) is 20.0. The second-order valence-corrected chi connectivity index (χ2v) is 7.70. The molecule has 1 aromatic heterocycles. The summed E-state index contributed by atoms with van der Waals surface area (Å²) in [5.41, 5.74) is 3.14. The summed E-state index contributed by atoms with van der Waals surface area (Å²) >= 11 is 6.90. The van der Waals surface area contributed by atoms with Gasteiger partial charge in [-0.05, 0) is 56.4 Å². The van der Waals surface area contributed by atoms with Crippen LogP contribution in [0.5, 0.6) is 11.5 Å². The van der Waals surface area contributed by atoms with E-state index in [9.17, 15) is 4.79 Å². The van der Waals surface area contributed by atoms with Gasteiger partial charge in [0.2, 0.25) is 0 Å². The molecule has 148 valence electrons. The van der Waals surface area contributed by atoms with Crippen LogP contribution in [-0.2, 0) is 29.2 Å². The summed E-state index contributed by atoms with van der Waals surface area (Å²) in [7, 11) is 5.28. The van der Waals surface area contributed by atoms with Crippen LogP contribution in [-0.4, -0.2) is 43.3 Å². The molecule has 0 spiro atoms. The van der Waals surface area contributed by atoms with E-state index in [1.165, 1.54) is 11.3 Å². The maximum atomic E-state index is 11.8. The maximum Gasteiger partial charge on any atom is 0.311 e. The molecular weight excluding hydrogens is 384 g/mol. The predicted molar refractivity (Wildman–Crippen MR) is 109 cm³/mol. The first kappa shape index (κ1) is 21.4. The summed E-state index contributed by atoms with van der Waals surface area (Å²) in [4.78, 5) is 14.0. The number of esters is 1. The minimum atomic E-state index is -0.238. The first-order valence-electron chi connectivity index (χ1n) is 8.62. The van der Waals surface area contributed by atoms with Crippen molar-refractivity contribution in [2.75, 3.05) is 27.9 Å². The molecule has 0 aliphatic rings. The van der Waals surface area contributed by atoms with Gasteiger partial charge in [0.15, 0.2) is 15.5 Å². The normalized spacial score (nSPS) is 10.9. The number of nitrogens with zero attached hydrogens (tertiary/aromatic N) is 2. The van der Waals surface area contributed by atoms with Crippen molar-refractivity contribution < 1.29 is 19.0 Å². The fourth-order valence-electron chi connectivity index (χ4n) is 2.78. The number of benzene rings is 1. The summed E-state index contributed by atoms with van der Waals surface area (Å²) in [5.74, 6) is 1.19. The number of hydrogen-bond acceptors (Lipinski definition) is 7. The lowest BCUT2D eigenvalue weighted by Crippen LogP contribution is -2.24. The van der Waals surface area contributed by atoms with Crippen LogP contribution in [0.4, 0.5) is 0 Å². The molecule has 6 nitrogen and oxygen atoms in total. The highest BCUT2D eigenvalue weighted by Gasteiger charge is 2.14. The Morgan fingerprint density at radius 3 is 2.56 bits per heavy atom. The van der Waals surface area contributed by atoms with E-state index in [1.54, 1.807) is 21.1 Å². The van der Waals surface area contributed by atoms with Crippen molar-refractivity contribution in [3.63, 3.8) is 0 Å². The van der Waals surface area contributed by atoms with Gasteiger partial charge < -0.3 is 18.8 Å². The lowest BCUT2D eigenvalue weighted by molar-refractivity contribution is -0.142. The van der Waals surface area contributed by atoms with Gasteiger partial charge in [-0.3, -0.25) is 9.69 Å². The van der Waals surface area contributed by atoms with E-state index >= 15 is 0 Å². The molecule has 1 heterocycles. The summed E-state index contributed by atoms with van der Waals surface area (Å²) in [6.45, 7) is 5.53. The Morgan fingerprint density at radius 1 is 1.26 bits per heavy atom. The molecular formula is C19H26N2O4S2. The molecule has 8 heteroatoms. The maximum absolute atomic E-state index is 11.8. The smallest absolute Gasteiger partial charge is 0.311 e. The molecule has 0 aliphatic carbocycles. The first-order valence-corrected chi connectivity index (χ1v) is 9.91. The average Bonchev–Trinajstić information content (AvgIpc) is 2.96. The lowest BCUT2D eigenvalue weighted by atomic mass is 10.1. The second-order valence-electron chi connectivity index (χ2n) is 6.19. The third-order valence-electron chi connectivity index (χ3n) is 4.16. The largest absolute Gasteiger partial charge is 0.493 e. The highest BCUT2D eigenvalue weighted by Crippen LogP contribution is 2.30. The third-order valence-corrected chi connectivity index (χ3v) is 5.48. The average molecular weight is 411 g/mol. The lowest BCUT2D eigenvalue weighted by Gasteiger charge is -2.21. The zero-order valence-electron chi connectivity index (χ0n) is 16.4. The fourth-order valence-corrected chi connectivity index (χ4v) is 3.85. The summed E-state index contributed by atoms with van der Waals surface area (Å²) in [6.07, 6.45) is 0.226. The summed E-state index contributed by atoms with van der Waals surface area (Å²) < 4.78 is 18.5. The van der Waals surface area contributed by atoms with Crippen molar-refractivity contribution in [3.8, 4) is 11.5 Å². The van der Waals surface area contributed by atoms with Gasteiger partial charge in [0.05, 0.1) is 33.9 Å². The third kappa shape index (κ3) is 5.54. The van der Waals surface area contributed by atoms with Crippen LogP contribution in [0.25, 0.3) is 0 Å². The molecule has 0 bridgehead atoms. The number of carbonyl (C=O) groups is 1. The monoisotopic (exact) mass is 410 g/mol. The number of ether oxygens (including phenoxy) is 3. The molecule has 0 saturated heterocycles. The number of thiazole rings is 1. The minimum Gasteiger partial charge on any atom is -0.493 e. The van der Waals surface area contributed by atoms with Gasteiger partial charge in [-0.1, -0.05) is 0 Å². The Hall–Kier alpha value is -1.90. The van der Waals surface area contributed by atoms with Crippen molar-refractivity contribution in [3.05, 3.63) is 38.3 Å². The van der Waals surface area contributed by atoms with Gasteiger partial charge in [-0.2, -0.15) is 0 Å². The Balaban J connectivity index is 2.15. The summed E-state index contributed by atoms with van der Waals surface area (Å²) in [6, 6.07) is 3.97. The van der Waals surface area contributed by atoms with Crippen molar-refractivity contribution in [1.29, 1.82) is 0 Å². The Kier molecular flexibility index (Phi) is 7.82. The highest BCUT2D eigenvalue weighted by atomic mass is 32.1. The van der Waals surface area contributed by atoms with Gasteiger partial charge in [-0.25, -0.2) is 0 Å². The molecule has 0 aliphatic heterocycles. The number of rotatable bonds is 9. The van der Waals surface area contributed by atoms with Gasteiger partial charge in [0.25, 0.3) is 0 Å². The predicted octanol–water partition coefficient (Wildman–Crippen LogP) is 3.80. The van der Waals surface area contributed by atoms with Crippen molar-refractivity contribution in [1.82, 2.24) is 9.47 Å². The molecule has 2 aromatic rings. The van der Waals surface area contributed by atoms with Crippen molar-refractivity contribution in [2.24, 2.45) is 0 Å². The number of aromatic nitrogens is 1. The summed E-state index contributed by atoms with van der Waals surface area (Å²) in [5, 5.41) is 1.93. The molecule has 1 aromatic carbocycles. The van der Waals surface area contributed by atoms with Crippen LogP contribution in [0.15, 0.2) is 17.5 Å². The number of aryl methyl sites for hydroxylation is 1. The van der Waals surface area contributed by atoms with E-state index < -0.39 is 0 Å². The van der Waals surface area contributed by atoms with Crippen LogP contribution >= 0.6 is 23.6 Å². The van der Waals surface area contributed by atoms with Gasteiger partial charge >= 0.3 is 5.97 Å². The van der Waals surface area contributed by atoms with Crippen molar-refractivity contribution in [2.45, 2.75) is 33.5 Å². The van der Waals surface area contributed by atoms with E-state index in [-0.39, 0.29) is 12.4 Å². The molecule has 0 fully saturated rings. The number of carbonyl (C=O) groups excluding carboxylic acids is 1. The van der Waals surface area contributed by atoms with Crippen LogP contribution in [0, 0.1) is 10.9 Å². The van der Waals surface area contributed by atoms with Crippen LogP contribution < -0.4 is 9.47 Å². The van der Waals surface area contributed by atoms with Crippen LogP contribution in [0.1, 0.15) is 23.7 Å². The molecule has 0 atom stereocenters. The molecule has 0 N–H and O–H groups in total. The minimum absolute atomic E-state index is 0.226.